The van der Waals surface area contributed by atoms with Crippen LogP contribution in [0.2, 0.25) is 0 Å². The van der Waals surface area contributed by atoms with E-state index in [-0.39, 0.29) is 18.6 Å². The number of carbonyl (C=O) groups excluding carboxylic acids is 1. The van der Waals surface area contributed by atoms with Crippen LogP contribution in [0.15, 0.2) is 48.5 Å². The van der Waals surface area contributed by atoms with Gasteiger partial charge in [0.05, 0.1) is 10.5 Å². The highest BCUT2D eigenvalue weighted by atomic mass is 16.6. The van der Waals surface area contributed by atoms with Gasteiger partial charge in [-0.1, -0.05) is 30.3 Å². The maximum absolute atomic E-state index is 12.7. The molecular formula is C15H14BN3O3. The number of nitro benzene ring substituents is 1. The van der Waals surface area contributed by atoms with Crippen LogP contribution in [0.4, 0.5) is 11.4 Å². The van der Waals surface area contributed by atoms with Crippen molar-refractivity contribution in [3.63, 3.8) is 0 Å². The van der Waals surface area contributed by atoms with Crippen LogP contribution in [0.5, 0.6) is 0 Å². The normalized spacial score (nSPS) is 13.6. The van der Waals surface area contributed by atoms with Crippen LogP contribution in [-0.4, -0.2) is 29.2 Å². The van der Waals surface area contributed by atoms with E-state index in [0.29, 0.717) is 17.8 Å². The Labute approximate surface area is 128 Å². The van der Waals surface area contributed by atoms with Crippen LogP contribution < -0.4 is 10.7 Å². The van der Waals surface area contributed by atoms with E-state index < -0.39 is 4.92 Å². The van der Waals surface area contributed by atoms with Gasteiger partial charge in [-0.05, 0) is 18.5 Å². The summed E-state index contributed by atoms with van der Waals surface area (Å²) < 4.78 is 0. The maximum atomic E-state index is 12.7. The quantitative estimate of drug-likeness (QED) is 0.533. The summed E-state index contributed by atoms with van der Waals surface area (Å²) in [4.78, 5) is 24.7. The molecule has 6 nitrogen and oxygen atoms in total. The van der Waals surface area contributed by atoms with E-state index in [1.165, 1.54) is 12.1 Å². The minimum Gasteiger partial charge on any atom is -0.405 e. The number of non-ortho nitro benzene ring substituents is 1. The smallest absolute Gasteiger partial charge is 0.405 e. The summed E-state index contributed by atoms with van der Waals surface area (Å²) in [7, 11) is 0. The molecule has 0 unspecified atom stereocenters. The minimum atomic E-state index is -0.493. The van der Waals surface area contributed by atoms with Crippen molar-refractivity contribution in [2.24, 2.45) is 0 Å². The lowest BCUT2D eigenvalue weighted by Gasteiger charge is -2.34. The third-order valence-corrected chi connectivity index (χ3v) is 3.77. The maximum Gasteiger partial charge on any atom is 0.411 e. The molecule has 1 aliphatic heterocycles. The molecule has 1 N–H and O–H groups in total. The molecule has 1 aliphatic rings. The molecule has 0 spiro atoms. The van der Waals surface area contributed by atoms with Gasteiger partial charge >= 0.3 is 6.98 Å². The fraction of sp³-hybridized carbons (Fsp3) is 0.133. The molecular weight excluding hydrogens is 281 g/mol. The highest BCUT2D eigenvalue weighted by molar-refractivity contribution is 6.76. The van der Waals surface area contributed by atoms with Crippen LogP contribution in [-0.2, 0) is 0 Å². The number of fused-ring (bicyclic) bond motifs is 1. The van der Waals surface area contributed by atoms with E-state index >= 15 is 0 Å². The summed E-state index contributed by atoms with van der Waals surface area (Å²) in [6.07, 6.45) is 0. The summed E-state index contributed by atoms with van der Waals surface area (Å²) in [5.74, 6) is -0.200. The first kappa shape index (κ1) is 14.1. The van der Waals surface area contributed by atoms with Gasteiger partial charge in [0, 0.05) is 24.4 Å². The lowest BCUT2D eigenvalue weighted by Crippen LogP contribution is -2.59. The molecule has 0 aliphatic carbocycles. The highest BCUT2D eigenvalue weighted by Crippen LogP contribution is 2.27. The zero-order valence-electron chi connectivity index (χ0n) is 12.0. The molecule has 0 radical (unpaired) electrons. The summed E-state index contributed by atoms with van der Waals surface area (Å²) >= 11 is 0. The number of nitrogens with one attached hydrogen (secondary N) is 1. The number of anilines is 1. The molecule has 0 bridgehead atoms. The average Bonchev–Trinajstić information content (AvgIpc) is 2.55. The minimum absolute atomic E-state index is 0.0804. The Morgan fingerprint density at radius 2 is 1.95 bits per heavy atom. The van der Waals surface area contributed by atoms with Crippen LogP contribution in [0.25, 0.3) is 0 Å². The fourth-order valence-electron chi connectivity index (χ4n) is 2.67. The van der Waals surface area contributed by atoms with Crippen molar-refractivity contribution >= 4 is 29.7 Å². The van der Waals surface area contributed by atoms with Crippen molar-refractivity contribution in [3.05, 3.63) is 64.2 Å². The molecule has 0 aromatic heterocycles. The van der Waals surface area contributed by atoms with Crippen molar-refractivity contribution < 1.29 is 9.72 Å². The van der Waals surface area contributed by atoms with Gasteiger partial charge in [0.25, 0.3) is 5.69 Å². The standard InChI is InChI=1S/C15H14BN3O3/c1-2-18-15(20)13-10-12(19(21)22)8-9-14(13)17-16(18)11-6-4-3-5-7-11/h3-10,17H,2H2,1H3. The first-order valence-corrected chi connectivity index (χ1v) is 7.02. The van der Waals surface area contributed by atoms with Crippen LogP contribution in [0, 0.1) is 10.1 Å². The zero-order chi connectivity index (χ0) is 15.7. The van der Waals surface area contributed by atoms with Gasteiger partial charge < -0.3 is 10.0 Å². The van der Waals surface area contributed by atoms with Gasteiger partial charge in [-0.2, -0.15) is 0 Å². The molecule has 22 heavy (non-hydrogen) atoms. The van der Waals surface area contributed by atoms with E-state index in [1.807, 2.05) is 37.3 Å². The lowest BCUT2D eigenvalue weighted by molar-refractivity contribution is -0.384. The van der Waals surface area contributed by atoms with E-state index in [0.717, 1.165) is 5.46 Å². The molecule has 0 atom stereocenters. The summed E-state index contributed by atoms with van der Waals surface area (Å²) in [5.41, 5.74) is 1.85. The third kappa shape index (κ3) is 2.30. The van der Waals surface area contributed by atoms with Crippen LogP contribution in [0.3, 0.4) is 0 Å². The number of hydrogen-bond donors (Lipinski definition) is 1. The Morgan fingerprint density at radius 3 is 2.59 bits per heavy atom. The van der Waals surface area contributed by atoms with Gasteiger partial charge in [-0.25, -0.2) is 0 Å². The second-order valence-electron chi connectivity index (χ2n) is 5.04. The molecule has 1 amide bonds. The SMILES string of the molecule is CCN1B(c2ccccc2)Nc2ccc([N+](=O)[O-])cc2C1=O. The van der Waals surface area contributed by atoms with Crippen molar-refractivity contribution in [2.75, 3.05) is 11.8 Å². The molecule has 0 saturated carbocycles. The number of amides is 1. The van der Waals surface area contributed by atoms with Gasteiger partial charge in [0.1, 0.15) is 0 Å². The number of nitrogens with zero attached hydrogens (tertiary/aromatic N) is 2. The monoisotopic (exact) mass is 295 g/mol. The molecule has 0 fully saturated rings. The predicted octanol–water partition coefficient (Wildman–Crippen LogP) is 1.88. The third-order valence-electron chi connectivity index (χ3n) is 3.77. The first-order chi connectivity index (χ1) is 10.6. The van der Waals surface area contributed by atoms with E-state index in [9.17, 15) is 14.9 Å². The Morgan fingerprint density at radius 1 is 1.23 bits per heavy atom. The Bertz CT molecular complexity index is 736. The number of nitro groups is 1. The molecule has 3 rings (SSSR count). The number of hydrogen-bond acceptors (Lipinski definition) is 4. The van der Waals surface area contributed by atoms with Gasteiger partial charge in [0.15, 0.2) is 0 Å². The predicted molar refractivity (Wildman–Crippen MR) is 85.3 cm³/mol. The molecule has 110 valence electrons. The Hall–Kier alpha value is -2.83. The van der Waals surface area contributed by atoms with Crippen LogP contribution in [0.1, 0.15) is 17.3 Å². The Kier molecular flexibility index (Phi) is 3.54. The largest absolute Gasteiger partial charge is 0.411 e. The van der Waals surface area contributed by atoms with Crippen molar-refractivity contribution in [3.8, 4) is 0 Å². The zero-order valence-corrected chi connectivity index (χ0v) is 12.0. The van der Waals surface area contributed by atoms with Gasteiger partial charge in [-0.15, -0.1) is 0 Å². The number of rotatable bonds is 3. The second kappa shape index (κ2) is 5.52. The molecule has 2 aromatic rings. The summed E-state index contributed by atoms with van der Waals surface area (Å²) in [5, 5.41) is 14.2. The Balaban J connectivity index is 2.05. The fourth-order valence-corrected chi connectivity index (χ4v) is 2.67. The molecule has 1 heterocycles. The lowest BCUT2D eigenvalue weighted by atomic mass is 9.63. The van der Waals surface area contributed by atoms with E-state index in [2.05, 4.69) is 5.23 Å². The topological polar surface area (TPSA) is 75.5 Å². The van der Waals surface area contributed by atoms with Gasteiger partial charge in [0.2, 0.25) is 5.91 Å². The highest BCUT2D eigenvalue weighted by Gasteiger charge is 2.36. The summed E-state index contributed by atoms with van der Waals surface area (Å²) in [6.45, 7) is 2.12. The average molecular weight is 295 g/mol. The molecule has 7 heteroatoms. The van der Waals surface area contributed by atoms with Crippen LogP contribution >= 0.6 is 0 Å². The second-order valence-corrected chi connectivity index (χ2v) is 5.04. The molecule has 0 saturated heterocycles. The first-order valence-electron chi connectivity index (χ1n) is 7.02. The number of benzene rings is 2. The van der Waals surface area contributed by atoms with Crippen molar-refractivity contribution in [1.82, 2.24) is 4.81 Å². The van der Waals surface area contributed by atoms with Crippen molar-refractivity contribution in [2.45, 2.75) is 6.92 Å². The van der Waals surface area contributed by atoms with E-state index in [1.54, 1.807) is 10.9 Å². The van der Waals surface area contributed by atoms with Gasteiger partial charge in [-0.3, -0.25) is 14.9 Å². The van der Waals surface area contributed by atoms with Crippen molar-refractivity contribution in [1.29, 1.82) is 0 Å². The number of carbonyl (C=O) groups is 1. The van der Waals surface area contributed by atoms with E-state index in [4.69, 9.17) is 0 Å². The summed E-state index contributed by atoms with van der Waals surface area (Å²) in [6, 6.07) is 14.0. The molecule has 2 aromatic carbocycles.